The molecule has 3 rings (SSSR count). The van der Waals surface area contributed by atoms with Gasteiger partial charge in [0.05, 0.1) is 18.9 Å². The molecule has 0 atom stereocenters. The molecule has 25 heavy (non-hydrogen) atoms. The van der Waals surface area contributed by atoms with Gasteiger partial charge in [-0.1, -0.05) is 41.4 Å². The Bertz CT molecular complexity index is 875. The van der Waals surface area contributed by atoms with Gasteiger partial charge in [0.1, 0.15) is 0 Å². The lowest BCUT2D eigenvalue weighted by Crippen LogP contribution is -2.08. The standard InChI is InChI=1S/C19H16Cl2N2O2/c1-2-25-18(24)10-13-11-22-19(14-5-3-4-6-16(14)21)15-9-12(20)7-8-17(15)23-13/h3-10,23H,2,11H2,1H3/b13-10-. The maximum absolute atomic E-state index is 11.8. The van der Waals surface area contributed by atoms with E-state index in [4.69, 9.17) is 27.9 Å². The van der Waals surface area contributed by atoms with Gasteiger partial charge in [-0.2, -0.15) is 0 Å². The first kappa shape index (κ1) is 17.5. The maximum atomic E-state index is 11.8. The van der Waals surface area contributed by atoms with E-state index in [1.807, 2.05) is 36.4 Å². The van der Waals surface area contributed by atoms with E-state index in [9.17, 15) is 4.79 Å². The molecule has 2 aromatic rings. The molecule has 6 heteroatoms. The summed E-state index contributed by atoms with van der Waals surface area (Å²) in [7, 11) is 0. The second-order valence-electron chi connectivity index (χ2n) is 5.38. The van der Waals surface area contributed by atoms with Crippen LogP contribution in [-0.4, -0.2) is 24.8 Å². The molecule has 1 N–H and O–H groups in total. The molecule has 0 radical (unpaired) electrons. The number of anilines is 1. The van der Waals surface area contributed by atoms with E-state index in [1.54, 1.807) is 13.0 Å². The van der Waals surface area contributed by atoms with Crippen LogP contribution in [0.2, 0.25) is 10.0 Å². The Morgan fingerprint density at radius 3 is 2.80 bits per heavy atom. The third-order valence-corrected chi connectivity index (χ3v) is 4.21. The molecule has 0 unspecified atom stereocenters. The van der Waals surface area contributed by atoms with Crippen molar-refractivity contribution in [3.8, 4) is 0 Å². The molecule has 0 saturated carbocycles. The Hall–Kier alpha value is -2.30. The summed E-state index contributed by atoms with van der Waals surface area (Å²) >= 11 is 12.5. The lowest BCUT2D eigenvalue weighted by Gasteiger charge is -2.12. The lowest BCUT2D eigenvalue weighted by molar-refractivity contribution is -0.137. The zero-order chi connectivity index (χ0) is 17.8. The lowest BCUT2D eigenvalue weighted by atomic mass is 10.0. The second-order valence-corrected chi connectivity index (χ2v) is 6.22. The van der Waals surface area contributed by atoms with Gasteiger partial charge in [0, 0.05) is 38.6 Å². The average molecular weight is 375 g/mol. The molecule has 1 aliphatic rings. The maximum Gasteiger partial charge on any atom is 0.332 e. The van der Waals surface area contributed by atoms with E-state index in [2.05, 4.69) is 10.3 Å². The monoisotopic (exact) mass is 374 g/mol. The number of fused-ring (bicyclic) bond motifs is 1. The number of halogens is 2. The van der Waals surface area contributed by atoms with Crippen molar-refractivity contribution in [2.75, 3.05) is 18.5 Å². The first-order valence-electron chi connectivity index (χ1n) is 7.82. The Morgan fingerprint density at radius 1 is 1.24 bits per heavy atom. The fraction of sp³-hybridized carbons (Fsp3) is 0.158. The Labute approximate surface area is 156 Å². The fourth-order valence-corrected chi connectivity index (χ4v) is 2.97. The summed E-state index contributed by atoms with van der Waals surface area (Å²) in [5.74, 6) is -0.406. The van der Waals surface area contributed by atoms with Crippen molar-refractivity contribution in [3.63, 3.8) is 0 Å². The minimum absolute atomic E-state index is 0.297. The summed E-state index contributed by atoms with van der Waals surface area (Å²) in [6, 6.07) is 13.0. The molecule has 0 aromatic heterocycles. The number of nitrogens with zero attached hydrogens (tertiary/aromatic N) is 1. The highest BCUT2D eigenvalue weighted by Gasteiger charge is 2.19. The molecule has 4 nitrogen and oxygen atoms in total. The molecule has 0 spiro atoms. The van der Waals surface area contributed by atoms with E-state index in [1.165, 1.54) is 6.08 Å². The van der Waals surface area contributed by atoms with Crippen LogP contribution in [0.5, 0.6) is 0 Å². The van der Waals surface area contributed by atoms with E-state index in [0.29, 0.717) is 28.9 Å². The van der Waals surface area contributed by atoms with Crippen molar-refractivity contribution in [2.45, 2.75) is 6.92 Å². The number of nitrogens with one attached hydrogen (secondary N) is 1. The first-order valence-corrected chi connectivity index (χ1v) is 8.57. The summed E-state index contributed by atoms with van der Waals surface area (Å²) in [6.45, 7) is 2.39. The highest BCUT2D eigenvalue weighted by molar-refractivity contribution is 6.36. The number of hydrogen-bond acceptors (Lipinski definition) is 4. The largest absolute Gasteiger partial charge is 0.463 e. The molecule has 0 saturated heterocycles. The van der Waals surface area contributed by atoms with Crippen LogP contribution in [0.4, 0.5) is 5.69 Å². The molecule has 0 fully saturated rings. The van der Waals surface area contributed by atoms with Gasteiger partial charge in [0.2, 0.25) is 0 Å². The number of carbonyl (C=O) groups excluding carboxylic acids is 1. The van der Waals surface area contributed by atoms with Crippen molar-refractivity contribution in [3.05, 3.63) is 75.4 Å². The van der Waals surface area contributed by atoms with Crippen LogP contribution in [0.15, 0.2) is 59.2 Å². The van der Waals surface area contributed by atoms with Crippen molar-refractivity contribution in [2.24, 2.45) is 4.99 Å². The molecule has 1 aliphatic heterocycles. The predicted molar refractivity (Wildman–Crippen MR) is 102 cm³/mol. The fourth-order valence-electron chi connectivity index (χ4n) is 2.57. The minimum Gasteiger partial charge on any atom is -0.463 e. The number of aliphatic imine (C=N–C) groups is 1. The number of benzodiazepines with no additional fused rings is 1. The molecule has 0 aliphatic carbocycles. The number of carbonyl (C=O) groups is 1. The first-order chi connectivity index (χ1) is 12.1. The second kappa shape index (κ2) is 7.72. The Morgan fingerprint density at radius 2 is 2.04 bits per heavy atom. The van der Waals surface area contributed by atoms with Gasteiger partial charge >= 0.3 is 5.97 Å². The zero-order valence-electron chi connectivity index (χ0n) is 13.6. The number of esters is 1. The van der Waals surface area contributed by atoms with E-state index < -0.39 is 5.97 Å². The molecular weight excluding hydrogens is 359 g/mol. The van der Waals surface area contributed by atoms with Crippen molar-refractivity contribution in [1.82, 2.24) is 0 Å². The van der Waals surface area contributed by atoms with Gasteiger partial charge in [-0.25, -0.2) is 4.79 Å². The van der Waals surface area contributed by atoms with Crippen LogP contribution in [0.1, 0.15) is 18.1 Å². The third kappa shape index (κ3) is 4.03. The quantitative estimate of drug-likeness (QED) is 0.625. The van der Waals surface area contributed by atoms with Crippen LogP contribution < -0.4 is 5.32 Å². The summed E-state index contributed by atoms with van der Waals surface area (Å²) < 4.78 is 4.98. The Kier molecular flexibility index (Phi) is 5.41. The van der Waals surface area contributed by atoms with Gasteiger partial charge in [-0.05, 0) is 31.2 Å². The highest BCUT2D eigenvalue weighted by atomic mass is 35.5. The van der Waals surface area contributed by atoms with Crippen LogP contribution in [-0.2, 0) is 9.53 Å². The van der Waals surface area contributed by atoms with Gasteiger partial charge < -0.3 is 10.1 Å². The number of rotatable bonds is 3. The van der Waals surface area contributed by atoms with Gasteiger partial charge in [-0.3, -0.25) is 4.99 Å². The van der Waals surface area contributed by atoms with Gasteiger partial charge in [0.15, 0.2) is 0 Å². The van der Waals surface area contributed by atoms with E-state index >= 15 is 0 Å². The molecule has 1 heterocycles. The van der Waals surface area contributed by atoms with Gasteiger partial charge in [0.25, 0.3) is 0 Å². The van der Waals surface area contributed by atoms with Crippen LogP contribution >= 0.6 is 23.2 Å². The van der Waals surface area contributed by atoms with Crippen LogP contribution in [0, 0.1) is 0 Å². The van der Waals surface area contributed by atoms with Crippen molar-refractivity contribution in [1.29, 1.82) is 0 Å². The van der Waals surface area contributed by atoms with Gasteiger partial charge in [-0.15, -0.1) is 0 Å². The number of benzene rings is 2. The van der Waals surface area contributed by atoms with Crippen LogP contribution in [0.25, 0.3) is 0 Å². The normalized spacial score (nSPS) is 15.0. The van der Waals surface area contributed by atoms with Crippen LogP contribution in [0.3, 0.4) is 0 Å². The number of hydrogen-bond donors (Lipinski definition) is 1. The van der Waals surface area contributed by atoms with Crippen molar-refractivity contribution < 1.29 is 9.53 Å². The third-order valence-electron chi connectivity index (χ3n) is 3.65. The Balaban J connectivity index is 2.10. The number of ether oxygens (including phenoxy) is 1. The smallest absolute Gasteiger partial charge is 0.332 e. The summed E-state index contributed by atoms with van der Waals surface area (Å²) in [5, 5.41) is 4.44. The molecule has 2 aromatic carbocycles. The molecule has 128 valence electrons. The van der Waals surface area contributed by atoms with Crippen molar-refractivity contribution >= 4 is 40.6 Å². The SMILES string of the molecule is CCOC(=O)/C=C1/CN=C(c2ccccc2Cl)c2cc(Cl)ccc2N1. The summed E-state index contributed by atoms with van der Waals surface area (Å²) in [5.41, 5.74) is 3.81. The highest BCUT2D eigenvalue weighted by Crippen LogP contribution is 2.30. The summed E-state index contributed by atoms with van der Waals surface area (Å²) in [4.78, 5) is 16.4. The molecule has 0 bridgehead atoms. The van der Waals surface area contributed by atoms with E-state index in [-0.39, 0.29) is 0 Å². The average Bonchev–Trinajstić information content (AvgIpc) is 2.75. The zero-order valence-corrected chi connectivity index (χ0v) is 15.1. The molecule has 0 amide bonds. The molecular formula is C19H16Cl2N2O2. The topological polar surface area (TPSA) is 50.7 Å². The predicted octanol–water partition coefficient (Wildman–Crippen LogP) is 4.70. The minimum atomic E-state index is -0.406. The van der Waals surface area contributed by atoms with E-state index in [0.717, 1.165) is 22.5 Å². The summed E-state index contributed by atoms with van der Waals surface area (Å²) in [6.07, 6.45) is 1.42.